The lowest BCUT2D eigenvalue weighted by molar-refractivity contribution is -0.157. The Kier molecular flexibility index (Phi) is 5.29. The zero-order valence-corrected chi connectivity index (χ0v) is 18.1. The maximum atomic E-state index is 13.1. The summed E-state index contributed by atoms with van der Waals surface area (Å²) < 4.78 is 5.38. The number of benzene rings is 2. The number of carbonyl (C=O) groups is 3. The van der Waals surface area contributed by atoms with Crippen molar-refractivity contribution in [3.05, 3.63) is 59.8 Å². The minimum atomic E-state index is -0.635. The molecule has 9 heteroatoms. The monoisotopic (exact) mass is 445 g/mol. The van der Waals surface area contributed by atoms with Crippen molar-refractivity contribution in [2.24, 2.45) is 5.10 Å². The Hall–Kier alpha value is -4.14. The van der Waals surface area contributed by atoms with Crippen LogP contribution in [0.5, 0.6) is 5.75 Å². The third-order valence-electron chi connectivity index (χ3n) is 5.90. The van der Waals surface area contributed by atoms with Gasteiger partial charge in [-0.05, 0) is 42.8 Å². The molecule has 1 aromatic heterocycles. The Morgan fingerprint density at radius 3 is 2.76 bits per heavy atom. The van der Waals surface area contributed by atoms with Gasteiger partial charge in [0.05, 0.1) is 13.2 Å². The molecule has 3 amide bonds. The van der Waals surface area contributed by atoms with Crippen molar-refractivity contribution < 1.29 is 19.1 Å². The molecule has 168 valence electrons. The van der Waals surface area contributed by atoms with Gasteiger partial charge in [-0.2, -0.15) is 5.10 Å². The molecule has 3 heterocycles. The van der Waals surface area contributed by atoms with Gasteiger partial charge < -0.3 is 19.9 Å². The van der Waals surface area contributed by atoms with Crippen LogP contribution in [0, 0.1) is 0 Å². The molecule has 0 aliphatic carbocycles. The van der Waals surface area contributed by atoms with Crippen molar-refractivity contribution >= 4 is 40.5 Å². The number of aromatic amines is 1. The van der Waals surface area contributed by atoms with Crippen molar-refractivity contribution in [1.82, 2.24) is 14.9 Å². The van der Waals surface area contributed by atoms with E-state index in [1.165, 1.54) is 0 Å². The van der Waals surface area contributed by atoms with E-state index in [2.05, 4.69) is 15.4 Å². The Morgan fingerprint density at radius 1 is 1.18 bits per heavy atom. The van der Waals surface area contributed by atoms with Crippen molar-refractivity contribution in [3.63, 3.8) is 0 Å². The van der Waals surface area contributed by atoms with Gasteiger partial charge in [-0.3, -0.25) is 14.4 Å². The summed E-state index contributed by atoms with van der Waals surface area (Å²) in [6.07, 6.45) is 1.44. The van der Waals surface area contributed by atoms with Gasteiger partial charge >= 0.3 is 0 Å². The molecule has 0 bridgehead atoms. The molecular formula is C24H23N5O4. The van der Waals surface area contributed by atoms with Crippen LogP contribution in [0.15, 0.2) is 53.6 Å². The number of hydrogen-bond acceptors (Lipinski definition) is 5. The number of amides is 3. The average molecular weight is 445 g/mol. The third kappa shape index (κ3) is 3.93. The fourth-order valence-electron chi connectivity index (χ4n) is 4.36. The van der Waals surface area contributed by atoms with Crippen molar-refractivity contribution in [3.8, 4) is 5.75 Å². The first-order chi connectivity index (χ1) is 16.0. The number of H-pyrrole nitrogens is 1. The van der Waals surface area contributed by atoms with Gasteiger partial charge in [-0.15, -0.1) is 0 Å². The van der Waals surface area contributed by atoms with Crippen LogP contribution in [0.4, 0.5) is 5.69 Å². The molecule has 0 unspecified atom stereocenters. The molecule has 2 N–H and O–H groups in total. The SMILES string of the molecule is CCOc1ccc(NC(=O)/C=N/N2CC(=O)N3Cc4[nH]c5ccccc5c4C[C@H]3C2=O)cc1. The quantitative estimate of drug-likeness (QED) is 0.588. The molecule has 3 aromatic rings. The highest BCUT2D eigenvalue weighted by atomic mass is 16.5. The van der Waals surface area contributed by atoms with E-state index in [9.17, 15) is 14.4 Å². The van der Waals surface area contributed by atoms with Crippen molar-refractivity contribution in [2.75, 3.05) is 18.5 Å². The van der Waals surface area contributed by atoms with Crippen LogP contribution in [-0.2, 0) is 27.3 Å². The van der Waals surface area contributed by atoms with E-state index in [1.807, 2.05) is 31.2 Å². The number of rotatable bonds is 5. The molecular weight excluding hydrogens is 422 g/mol. The van der Waals surface area contributed by atoms with Crippen LogP contribution in [0.1, 0.15) is 18.2 Å². The predicted octanol–water partition coefficient (Wildman–Crippen LogP) is 2.29. The number of aromatic nitrogens is 1. The summed E-state index contributed by atoms with van der Waals surface area (Å²) in [6, 6.07) is 14.2. The smallest absolute Gasteiger partial charge is 0.268 e. The Labute approximate surface area is 190 Å². The molecule has 0 radical (unpaired) electrons. The molecule has 1 atom stereocenters. The minimum Gasteiger partial charge on any atom is -0.494 e. The molecule has 2 aromatic carbocycles. The second kappa shape index (κ2) is 8.42. The summed E-state index contributed by atoms with van der Waals surface area (Å²) in [4.78, 5) is 43.1. The largest absolute Gasteiger partial charge is 0.494 e. The normalized spacial score (nSPS) is 17.9. The number of anilines is 1. The van der Waals surface area contributed by atoms with Crippen LogP contribution < -0.4 is 10.1 Å². The van der Waals surface area contributed by atoms with Crippen LogP contribution in [0.25, 0.3) is 10.9 Å². The maximum absolute atomic E-state index is 13.1. The lowest BCUT2D eigenvalue weighted by Crippen LogP contribution is -2.60. The maximum Gasteiger partial charge on any atom is 0.268 e. The highest BCUT2D eigenvalue weighted by molar-refractivity contribution is 6.31. The first-order valence-electron chi connectivity index (χ1n) is 10.8. The van der Waals surface area contributed by atoms with E-state index in [4.69, 9.17) is 4.74 Å². The molecule has 1 fully saturated rings. The number of hydrazone groups is 1. The topological polar surface area (TPSA) is 107 Å². The number of ether oxygens (including phenoxy) is 1. The summed E-state index contributed by atoms with van der Waals surface area (Å²) in [6.45, 7) is 2.61. The lowest BCUT2D eigenvalue weighted by Gasteiger charge is -2.40. The van der Waals surface area contributed by atoms with Gasteiger partial charge in [-0.25, -0.2) is 5.01 Å². The van der Waals surface area contributed by atoms with E-state index in [0.717, 1.165) is 33.4 Å². The van der Waals surface area contributed by atoms with Gasteiger partial charge in [0.1, 0.15) is 24.6 Å². The first kappa shape index (κ1) is 20.7. The molecule has 2 aliphatic heterocycles. The number of fused-ring (bicyclic) bond motifs is 4. The predicted molar refractivity (Wildman–Crippen MR) is 123 cm³/mol. The first-order valence-corrected chi connectivity index (χ1v) is 10.8. The van der Waals surface area contributed by atoms with Gasteiger partial charge in [0.15, 0.2) is 0 Å². The number of carbonyl (C=O) groups excluding carboxylic acids is 3. The lowest BCUT2D eigenvalue weighted by atomic mass is 9.94. The second-order valence-electron chi connectivity index (χ2n) is 7.96. The van der Waals surface area contributed by atoms with Gasteiger partial charge in [0.25, 0.3) is 11.8 Å². The van der Waals surface area contributed by atoms with Crippen LogP contribution >= 0.6 is 0 Å². The second-order valence-corrected chi connectivity index (χ2v) is 7.96. The standard InChI is InChI=1S/C24H23N5O4/c1-2-33-16-9-7-15(8-10-16)26-22(30)12-25-29-14-23(31)28-13-20-18(11-21(28)24(29)32)17-5-3-4-6-19(17)27-20/h3-10,12,21,27H,2,11,13-14H2,1H3,(H,26,30)/b25-12+/t21-/m0/s1. The summed E-state index contributed by atoms with van der Waals surface area (Å²) in [5, 5.41) is 8.85. The summed E-state index contributed by atoms with van der Waals surface area (Å²) in [7, 11) is 0. The Morgan fingerprint density at radius 2 is 1.97 bits per heavy atom. The molecule has 1 saturated heterocycles. The van der Waals surface area contributed by atoms with Crippen LogP contribution in [0.2, 0.25) is 0 Å². The van der Waals surface area contributed by atoms with E-state index < -0.39 is 11.9 Å². The highest BCUT2D eigenvalue weighted by Crippen LogP contribution is 2.32. The van der Waals surface area contributed by atoms with E-state index >= 15 is 0 Å². The molecule has 2 aliphatic rings. The number of hydrogen-bond donors (Lipinski definition) is 2. The van der Waals surface area contributed by atoms with E-state index in [-0.39, 0.29) is 18.4 Å². The number of piperazine rings is 1. The highest BCUT2D eigenvalue weighted by Gasteiger charge is 2.43. The molecule has 0 saturated carbocycles. The van der Waals surface area contributed by atoms with Crippen LogP contribution in [-0.4, -0.2) is 58.0 Å². The molecule has 5 rings (SSSR count). The molecule has 33 heavy (non-hydrogen) atoms. The molecule has 0 spiro atoms. The summed E-state index contributed by atoms with van der Waals surface area (Å²) in [5.41, 5.74) is 3.57. The van der Waals surface area contributed by atoms with Gasteiger partial charge in [-0.1, -0.05) is 18.2 Å². The Bertz CT molecular complexity index is 1260. The van der Waals surface area contributed by atoms with Gasteiger partial charge in [0, 0.05) is 28.7 Å². The fraction of sp³-hybridized carbons (Fsp3) is 0.250. The zero-order chi connectivity index (χ0) is 22.9. The van der Waals surface area contributed by atoms with E-state index in [1.54, 1.807) is 29.2 Å². The molecule has 9 nitrogen and oxygen atoms in total. The third-order valence-corrected chi connectivity index (χ3v) is 5.90. The Balaban J connectivity index is 1.29. The summed E-state index contributed by atoms with van der Waals surface area (Å²) >= 11 is 0. The van der Waals surface area contributed by atoms with Crippen molar-refractivity contribution in [1.29, 1.82) is 0 Å². The van der Waals surface area contributed by atoms with E-state index in [0.29, 0.717) is 31.0 Å². The zero-order valence-electron chi connectivity index (χ0n) is 18.1. The van der Waals surface area contributed by atoms with Gasteiger partial charge in [0.2, 0.25) is 5.91 Å². The summed E-state index contributed by atoms with van der Waals surface area (Å²) in [5.74, 6) is -0.287. The number of nitrogens with zero attached hydrogens (tertiary/aromatic N) is 3. The fourth-order valence-corrected chi connectivity index (χ4v) is 4.36. The number of nitrogens with one attached hydrogen (secondary N) is 2. The number of para-hydroxylation sites is 1. The average Bonchev–Trinajstić information content (AvgIpc) is 3.19. The van der Waals surface area contributed by atoms with Crippen LogP contribution in [0.3, 0.4) is 0 Å². The van der Waals surface area contributed by atoms with Crippen molar-refractivity contribution in [2.45, 2.75) is 25.9 Å². The minimum absolute atomic E-state index is 0.197.